The van der Waals surface area contributed by atoms with Gasteiger partial charge in [0, 0.05) is 0 Å². The molecule has 1 N–H and O–H groups in total. The smallest absolute Gasteiger partial charge is 0.426 e. The molecule has 0 aliphatic heterocycles. The molecule has 0 spiro atoms. The second kappa shape index (κ2) is 7.20. The Morgan fingerprint density at radius 2 is 1.62 bits per heavy atom. The van der Waals surface area contributed by atoms with Crippen LogP contribution in [-0.2, 0) is 9.53 Å². The van der Waals surface area contributed by atoms with Gasteiger partial charge in [-0.15, -0.1) is 0 Å². The first-order chi connectivity index (χ1) is 11.7. The third kappa shape index (κ3) is 4.28. The summed E-state index contributed by atoms with van der Waals surface area (Å²) in [5.74, 6) is -2.23. The first-order valence-corrected chi connectivity index (χ1v) is 8.81. The zero-order valence-corrected chi connectivity index (χ0v) is 14.7. The van der Waals surface area contributed by atoms with E-state index >= 15 is 0 Å². The zero-order valence-electron chi connectivity index (χ0n) is 14.7. The van der Waals surface area contributed by atoms with Gasteiger partial charge in [0.15, 0.2) is 0 Å². The summed E-state index contributed by atoms with van der Waals surface area (Å²) in [4.78, 5) is 11.8. The first kappa shape index (κ1) is 21.3. The number of hydrogen-bond acceptors (Lipinski definition) is 3. The van der Waals surface area contributed by atoms with Gasteiger partial charge < -0.3 is 9.84 Å². The summed E-state index contributed by atoms with van der Waals surface area (Å²) >= 11 is 0. The Balaban J connectivity index is 2.16. The number of alkyl halides is 6. The maximum absolute atomic E-state index is 13.0. The number of halogens is 6. The lowest BCUT2D eigenvalue weighted by atomic mass is 9.71. The Kier molecular flexibility index (Phi) is 5.90. The second-order valence-electron chi connectivity index (χ2n) is 7.94. The van der Waals surface area contributed by atoms with Crippen molar-refractivity contribution < 1.29 is 41.0 Å². The molecule has 3 fully saturated rings. The van der Waals surface area contributed by atoms with Crippen molar-refractivity contribution in [2.24, 2.45) is 23.7 Å². The maximum atomic E-state index is 13.0. The second-order valence-corrected chi connectivity index (χ2v) is 7.94. The Labute approximate surface area is 148 Å². The predicted molar refractivity (Wildman–Crippen MR) is 79.9 cm³/mol. The van der Waals surface area contributed by atoms with E-state index in [1.54, 1.807) is 13.8 Å². The van der Waals surface area contributed by atoms with Crippen LogP contribution in [0.4, 0.5) is 26.3 Å². The van der Waals surface area contributed by atoms with Crippen molar-refractivity contribution in [2.75, 3.05) is 0 Å². The molecule has 2 bridgehead atoms. The van der Waals surface area contributed by atoms with Crippen LogP contribution in [0.5, 0.6) is 0 Å². The Morgan fingerprint density at radius 1 is 1.04 bits per heavy atom. The highest BCUT2D eigenvalue weighted by atomic mass is 19.4. The van der Waals surface area contributed by atoms with E-state index in [0.29, 0.717) is 19.3 Å². The molecular weight excluding hydrogens is 366 g/mol. The van der Waals surface area contributed by atoms with Gasteiger partial charge in [-0.25, -0.2) is 0 Å². The molecule has 26 heavy (non-hydrogen) atoms. The van der Waals surface area contributed by atoms with Crippen molar-refractivity contribution in [1.82, 2.24) is 0 Å². The predicted octanol–water partition coefficient (Wildman–Crippen LogP) is 4.63. The fourth-order valence-electron chi connectivity index (χ4n) is 4.17. The monoisotopic (exact) mass is 390 g/mol. The molecule has 0 aromatic carbocycles. The summed E-state index contributed by atoms with van der Waals surface area (Å²) < 4.78 is 83.4. The third-order valence-corrected chi connectivity index (χ3v) is 5.66. The lowest BCUT2D eigenvalue weighted by Crippen LogP contribution is -2.58. The average Bonchev–Trinajstić information content (AvgIpc) is 2.75. The summed E-state index contributed by atoms with van der Waals surface area (Å²) in [5, 5.41) is 9.51. The molecule has 0 amide bonds. The third-order valence-electron chi connectivity index (χ3n) is 5.66. The lowest BCUT2D eigenvalue weighted by Gasteiger charge is -2.39. The van der Waals surface area contributed by atoms with E-state index in [1.165, 1.54) is 0 Å². The number of ether oxygens (including phenoxy) is 1. The average molecular weight is 390 g/mol. The van der Waals surface area contributed by atoms with E-state index in [0.717, 1.165) is 0 Å². The largest absolute Gasteiger partial charge is 0.462 e. The molecule has 3 aliphatic carbocycles. The number of carbonyl (C=O) groups is 1. The van der Waals surface area contributed by atoms with Crippen LogP contribution in [-0.4, -0.2) is 35.1 Å². The molecule has 9 heteroatoms. The fourth-order valence-corrected chi connectivity index (χ4v) is 4.17. The molecule has 4 unspecified atom stereocenters. The summed E-state index contributed by atoms with van der Waals surface area (Å²) in [6.07, 6.45) is -11.4. The van der Waals surface area contributed by atoms with Gasteiger partial charge in [0.2, 0.25) is 0 Å². The number of esters is 1. The van der Waals surface area contributed by atoms with Crippen LogP contribution >= 0.6 is 0 Å². The molecule has 0 aromatic rings. The van der Waals surface area contributed by atoms with Crippen LogP contribution in [0.3, 0.4) is 0 Å². The van der Waals surface area contributed by atoms with Crippen LogP contribution in [0.1, 0.15) is 52.4 Å². The van der Waals surface area contributed by atoms with Crippen molar-refractivity contribution >= 4 is 5.97 Å². The van der Waals surface area contributed by atoms with E-state index in [2.05, 4.69) is 0 Å². The number of rotatable bonds is 4. The topological polar surface area (TPSA) is 46.5 Å². The minimum atomic E-state index is -5.79. The van der Waals surface area contributed by atoms with Gasteiger partial charge in [0.25, 0.3) is 5.60 Å². The van der Waals surface area contributed by atoms with Crippen molar-refractivity contribution in [3.05, 3.63) is 0 Å². The number of fused-ring (bicyclic) bond motifs is 4. The van der Waals surface area contributed by atoms with Gasteiger partial charge in [-0.1, -0.05) is 20.3 Å². The van der Waals surface area contributed by atoms with E-state index in [-0.39, 0.29) is 24.7 Å². The van der Waals surface area contributed by atoms with E-state index in [4.69, 9.17) is 4.74 Å². The van der Waals surface area contributed by atoms with Gasteiger partial charge in [-0.05, 0) is 49.9 Å². The van der Waals surface area contributed by atoms with Gasteiger partial charge in [-0.3, -0.25) is 4.79 Å². The van der Waals surface area contributed by atoms with Gasteiger partial charge in [0.1, 0.15) is 6.10 Å². The van der Waals surface area contributed by atoms with Gasteiger partial charge in [0.05, 0.1) is 5.92 Å². The summed E-state index contributed by atoms with van der Waals surface area (Å²) in [6.45, 7) is 3.31. The highest BCUT2D eigenvalue weighted by Crippen LogP contribution is 2.52. The minimum absolute atomic E-state index is 0.102. The molecule has 4 atom stereocenters. The van der Waals surface area contributed by atoms with Crippen LogP contribution in [0.25, 0.3) is 0 Å². The van der Waals surface area contributed by atoms with Crippen LogP contribution in [0.15, 0.2) is 0 Å². The first-order valence-electron chi connectivity index (χ1n) is 8.81. The lowest BCUT2D eigenvalue weighted by molar-refractivity contribution is -0.374. The van der Waals surface area contributed by atoms with E-state index in [1.807, 2.05) is 0 Å². The van der Waals surface area contributed by atoms with Crippen LogP contribution < -0.4 is 0 Å². The van der Waals surface area contributed by atoms with Crippen LogP contribution in [0.2, 0.25) is 0 Å². The summed E-state index contributed by atoms with van der Waals surface area (Å²) in [6, 6.07) is 0. The van der Waals surface area contributed by atoms with Crippen molar-refractivity contribution in [2.45, 2.75) is 76.4 Å². The molecule has 3 aliphatic rings. The molecule has 0 saturated heterocycles. The molecule has 0 heterocycles. The maximum Gasteiger partial charge on any atom is 0.426 e. The highest BCUT2D eigenvalue weighted by Gasteiger charge is 2.70. The van der Waals surface area contributed by atoms with Gasteiger partial charge in [-0.2, -0.15) is 26.3 Å². The molecule has 3 rings (SSSR count). The minimum Gasteiger partial charge on any atom is -0.462 e. The van der Waals surface area contributed by atoms with E-state index in [9.17, 15) is 36.2 Å². The van der Waals surface area contributed by atoms with Crippen molar-refractivity contribution in [3.63, 3.8) is 0 Å². The summed E-state index contributed by atoms with van der Waals surface area (Å²) in [5.41, 5.74) is -4.71. The molecule has 3 nitrogen and oxygen atoms in total. The summed E-state index contributed by atoms with van der Waals surface area (Å²) in [7, 11) is 0. The molecular formula is C17H24F6O3. The quantitative estimate of drug-likeness (QED) is 0.563. The highest BCUT2D eigenvalue weighted by molar-refractivity contribution is 5.71. The van der Waals surface area contributed by atoms with Gasteiger partial charge >= 0.3 is 18.3 Å². The SMILES string of the molecule is CC(C)C(=O)OC1CC2CCC(C1)C(CC(O)(C(F)(F)F)C(F)(F)F)C2. The normalized spacial score (nSPS) is 30.4. The Hall–Kier alpha value is -0.990. The molecule has 3 saturated carbocycles. The van der Waals surface area contributed by atoms with E-state index < -0.39 is 48.3 Å². The van der Waals surface area contributed by atoms with Crippen molar-refractivity contribution in [3.8, 4) is 0 Å². The molecule has 0 aromatic heterocycles. The molecule has 0 radical (unpaired) electrons. The number of hydrogen-bond donors (Lipinski definition) is 1. The number of carbonyl (C=O) groups excluding carboxylic acids is 1. The van der Waals surface area contributed by atoms with Crippen molar-refractivity contribution in [1.29, 1.82) is 0 Å². The Morgan fingerprint density at radius 3 is 2.12 bits per heavy atom. The fraction of sp³-hybridized carbons (Fsp3) is 0.941. The standard InChI is InChI=1S/C17H24F6O3/c1-9(2)14(24)26-13-6-10-3-4-11(7-13)12(5-10)8-15(25,16(18,19)20)17(21,22)23/h9-13,25H,3-8H2,1-2H3. The van der Waals surface area contributed by atoms with Crippen LogP contribution in [0, 0.1) is 23.7 Å². The Bertz CT molecular complexity index is 500. The number of aliphatic hydroxyl groups is 1. The zero-order chi connectivity index (χ0) is 19.9. The molecule has 152 valence electrons.